The first-order valence-electron chi connectivity index (χ1n) is 7.26. The Kier molecular flexibility index (Phi) is 5.79. The molecule has 1 aromatic rings. The number of rotatable bonds is 5. The minimum Gasteiger partial charge on any atom is -0.469 e. The fourth-order valence-electron chi connectivity index (χ4n) is 2.77. The first-order valence-corrected chi connectivity index (χ1v) is 8.05. The molecule has 1 amide bonds. The SMILES string of the molecule is COC(=O)CCN(C(=O)c1ccccc1Br)C1CCCC1. The summed E-state index contributed by atoms with van der Waals surface area (Å²) in [4.78, 5) is 26.0. The van der Waals surface area contributed by atoms with E-state index in [0.29, 0.717) is 12.1 Å². The van der Waals surface area contributed by atoms with Gasteiger partial charge in [-0.1, -0.05) is 25.0 Å². The van der Waals surface area contributed by atoms with E-state index in [2.05, 4.69) is 20.7 Å². The number of amides is 1. The van der Waals surface area contributed by atoms with Crippen molar-refractivity contribution in [3.05, 3.63) is 34.3 Å². The fourth-order valence-corrected chi connectivity index (χ4v) is 3.22. The van der Waals surface area contributed by atoms with Gasteiger partial charge in [0.05, 0.1) is 19.1 Å². The summed E-state index contributed by atoms with van der Waals surface area (Å²) in [6.45, 7) is 0.414. The van der Waals surface area contributed by atoms with E-state index < -0.39 is 0 Å². The van der Waals surface area contributed by atoms with Crippen LogP contribution >= 0.6 is 15.9 Å². The number of methoxy groups -OCH3 is 1. The van der Waals surface area contributed by atoms with Crippen LogP contribution in [0.1, 0.15) is 42.5 Å². The van der Waals surface area contributed by atoms with Crippen molar-refractivity contribution in [2.45, 2.75) is 38.1 Å². The van der Waals surface area contributed by atoms with Gasteiger partial charge < -0.3 is 9.64 Å². The average molecular weight is 354 g/mol. The maximum absolute atomic E-state index is 12.8. The number of carbonyl (C=O) groups excluding carboxylic acids is 2. The van der Waals surface area contributed by atoms with Gasteiger partial charge in [-0.25, -0.2) is 0 Å². The fraction of sp³-hybridized carbons (Fsp3) is 0.500. The van der Waals surface area contributed by atoms with Crippen molar-refractivity contribution in [1.82, 2.24) is 4.90 Å². The molecule has 0 aromatic heterocycles. The van der Waals surface area contributed by atoms with Crippen LogP contribution in [0.4, 0.5) is 0 Å². The third kappa shape index (κ3) is 4.06. The van der Waals surface area contributed by atoms with E-state index in [-0.39, 0.29) is 24.3 Å². The quantitative estimate of drug-likeness (QED) is 0.762. The molecule has 0 bridgehead atoms. The van der Waals surface area contributed by atoms with Crippen molar-refractivity contribution in [2.24, 2.45) is 0 Å². The van der Waals surface area contributed by atoms with Gasteiger partial charge in [0.2, 0.25) is 0 Å². The zero-order valence-corrected chi connectivity index (χ0v) is 13.8. The van der Waals surface area contributed by atoms with E-state index in [1.54, 1.807) is 0 Å². The van der Waals surface area contributed by atoms with Crippen LogP contribution in [0.5, 0.6) is 0 Å². The Hall–Kier alpha value is -1.36. The Labute approximate surface area is 133 Å². The lowest BCUT2D eigenvalue weighted by Gasteiger charge is -2.29. The number of hydrogen-bond acceptors (Lipinski definition) is 3. The molecule has 2 rings (SSSR count). The topological polar surface area (TPSA) is 46.6 Å². The Morgan fingerprint density at radius 1 is 1.29 bits per heavy atom. The molecule has 0 spiro atoms. The predicted octanol–water partition coefficient (Wildman–Crippen LogP) is 3.40. The van der Waals surface area contributed by atoms with Crippen LogP contribution in [0.2, 0.25) is 0 Å². The minimum absolute atomic E-state index is 0.0155. The molecule has 0 unspecified atom stereocenters. The van der Waals surface area contributed by atoms with E-state index in [1.165, 1.54) is 7.11 Å². The van der Waals surface area contributed by atoms with Gasteiger partial charge in [0.1, 0.15) is 0 Å². The molecular weight excluding hydrogens is 334 g/mol. The van der Waals surface area contributed by atoms with E-state index in [1.807, 2.05) is 29.2 Å². The molecule has 5 heteroatoms. The van der Waals surface area contributed by atoms with Crippen LogP contribution < -0.4 is 0 Å². The molecule has 114 valence electrons. The Morgan fingerprint density at radius 3 is 2.57 bits per heavy atom. The zero-order chi connectivity index (χ0) is 15.2. The Bertz CT molecular complexity index is 512. The van der Waals surface area contributed by atoms with Gasteiger partial charge in [0.25, 0.3) is 5.91 Å². The molecule has 0 heterocycles. The second-order valence-electron chi connectivity index (χ2n) is 5.24. The van der Waals surface area contributed by atoms with Crippen LogP contribution in [0.25, 0.3) is 0 Å². The molecule has 0 aliphatic heterocycles. The van der Waals surface area contributed by atoms with Crippen molar-refractivity contribution < 1.29 is 14.3 Å². The molecule has 1 fully saturated rings. The third-order valence-electron chi connectivity index (χ3n) is 3.92. The largest absolute Gasteiger partial charge is 0.469 e. The van der Waals surface area contributed by atoms with Crippen LogP contribution in [0, 0.1) is 0 Å². The number of nitrogens with zero attached hydrogens (tertiary/aromatic N) is 1. The summed E-state index contributed by atoms with van der Waals surface area (Å²) < 4.78 is 5.47. The number of ether oxygens (including phenoxy) is 1. The highest BCUT2D eigenvalue weighted by atomic mass is 79.9. The number of benzene rings is 1. The molecule has 0 atom stereocenters. The lowest BCUT2D eigenvalue weighted by atomic mass is 10.1. The molecule has 1 saturated carbocycles. The molecule has 0 radical (unpaired) electrons. The van der Waals surface area contributed by atoms with Gasteiger partial charge in [0.15, 0.2) is 0 Å². The van der Waals surface area contributed by atoms with E-state index >= 15 is 0 Å². The smallest absolute Gasteiger partial charge is 0.307 e. The van der Waals surface area contributed by atoms with Crippen molar-refractivity contribution in [3.63, 3.8) is 0 Å². The predicted molar refractivity (Wildman–Crippen MR) is 84.1 cm³/mol. The maximum atomic E-state index is 12.8. The van der Waals surface area contributed by atoms with Crippen molar-refractivity contribution >= 4 is 27.8 Å². The van der Waals surface area contributed by atoms with Crippen LogP contribution in [-0.2, 0) is 9.53 Å². The molecule has 1 aliphatic carbocycles. The Balaban J connectivity index is 2.15. The highest BCUT2D eigenvalue weighted by Gasteiger charge is 2.28. The molecule has 0 N–H and O–H groups in total. The number of halogens is 1. The average Bonchev–Trinajstić information content (AvgIpc) is 3.01. The number of carbonyl (C=O) groups is 2. The number of esters is 1. The second kappa shape index (κ2) is 7.59. The van der Waals surface area contributed by atoms with Gasteiger partial charge in [0, 0.05) is 17.1 Å². The summed E-state index contributed by atoms with van der Waals surface area (Å²) in [7, 11) is 1.37. The van der Waals surface area contributed by atoms with Gasteiger partial charge in [-0.2, -0.15) is 0 Å². The monoisotopic (exact) mass is 353 g/mol. The summed E-state index contributed by atoms with van der Waals surface area (Å²) in [5.74, 6) is -0.295. The molecule has 4 nitrogen and oxygen atoms in total. The second-order valence-corrected chi connectivity index (χ2v) is 6.10. The highest BCUT2D eigenvalue weighted by Crippen LogP contribution is 2.27. The highest BCUT2D eigenvalue weighted by molar-refractivity contribution is 9.10. The lowest BCUT2D eigenvalue weighted by molar-refractivity contribution is -0.140. The summed E-state index contributed by atoms with van der Waals surface area (Å²) in [5, 5.41) is 0. The molecule has 21 heavy (non-hydrogen) atoms. The zero-order valence-electron chi connectivity index (χ0n) is 12.2. The summed E-state index contributed by atoms with van der Waals surface area (Å²) >= 11 is 3.43. The molecule has 1 aliphatic rings. The summed E-state index contributed by atoms with van der Waals surface area (Å²) in [6.07, 6.45) is 4.54. The molecular formula is C16H20BrNO3. The van der Waals surface area contributed by atoms with Gasteiger partial charge in [-0.05, 0) is 40.9 Å². The van der Waals surface area contributed by atoms with Crippen molar-refractivity contribution in [3.8, 4) is 0 Å². The number of hydrogen-bond donors (Lipinski definition) is 0. The molecule has 0 saturated heterocycles. The first-order chi connectivity index (χ1) is 10.1. The lowest BCUT2D eigenvalue weighted by Crippen LogP contribution is -2.40. The van der Waals surface area contributed by atoms with Gasteiger partial charge >= 0.3 is 5.97 Å². The van der Waals surface area contributed by atoms with Crippen LogP contribution in [0.3, 0.4) is 0 Å². The minimum atomic E-state index is -0.280. The standard InChI is InChI=1S/C16H20BrNO3/c1-21-15(19)10-11-18(12-6-2-3-7-12)16(20)13-8-4-5-9-14(13)17/h4-5,8-9,12H,2-3,6-7,10-11H2,1H3. The van der Waals surface area contributed by atoms with Crippen molar-refractivity contribution in [1.29, 1.82) is 0 Å². The van der Waals surface area contributed by atoms with Gasteiger partial charge in [-0.15, -0.1) is 0 Å². The van der Waals surface area contributed by atoms with E-state index in [4.69, 9.17) is 0 Å². The Morgan fingerprint density at radius 2 is 1.95 bits per heavy atom. The van der Waals surface area contributed by atoms with Crippen LogP contribution in [0.15, 0.2) is 28.7 Å². The maximum Gasteiger partial charge on any atom is 0.307 e. The van der Waals surface area contributed by atoms with E-state index in [0.717, 1.165) is 30.2 Å². The normalized spacial score (nSPS) is 15.0. The van der Waals surface area contributed by atoms with Gasteiger partial charge in [-0.3, -0.25) is 9.59 Å². The first kappa shape index (κ1) is 16.0. The summed E-state index contributed by atoms with van der Waals surface area (Å²) in [5.41, 5.74) is 0.647. The van der Waals surface area contributed by atoms with Crippen molar-refractivity contribution in [2.75, 3.05) is 13.7 Å². The molecule has 1 aromatic carbocycles. The summed E-state index contributed by atoms with van der Waals surface area (Å²) in [6, 6.07) is 7.64. The van der Waals surface area contributed by atoms with E-state index in [9.17, 15) is 9.59 Å². The van der Waals surface area contributed by atoms with Crippen LogP contribution in [-0.4, -0.2) is 36.5 Å². The third-order valence-corrected chi connectivity index (χ3v) is 4.61.